The molecule has 7 nitrogen and oxygen atoms in total. The van der Waals surface area contributed by atoms with Gasteiger partial charge in [-0.25, -0.2) is 9.59 Å². The highest BCUT2D eigenvalue weighted by Gasteiger charge is 2.49. The van der Waals surface area contributed by atoms with Crippen LogP contribution < -0.4 is 15.7 Å². The maximum atomic E-state index is 13.1. The largest absolute Gasteiger partial charge is 0.497 e. The fourth-order valence-electron chi connectivity index (χ4n) is 3.46. The normalized spacial score (nSPS) is 18.9. The van der Waals surface area contributed by atoms with Gasteiger partial charge in [-0.3, -0.25) is 9.69 Å². The van der Waals surface area contributed by atoms with Gasteiger partial charge in [0, 0.05) is 22.5 Å². The molecule has 29 heavy (non-hydrogen) atoms. The van der Waals surface area contributed by atoms with Crippen LogP contribution in [0.5, 0.6) is 5.75 Å². The molecule has 1 aliphatic heterocycles. The first-order valence-corrected chi connectivity index (χ1v) is 9.20. The zero-order valence-corrected chi connectivity index (χ0v) is 16.4. The van der Waals surface area contributed by atoms with Crippen LogP contribution in [0.4, 0.5) is 4.79 Å². The third-order valence-electron chi connectivity index (χ3n) is 5.06. The van der Waals surface area contributed by atoms with Crippen LogP contribution in [-0.4, -0.2) is 23.9 Å². The number of carbonyl (C=O) groups is 2. The molecule has 0 radical (unpaired) electrons. The Morgan fingerprint density at radius 2 is 1.83 bits per heavy atom. The lowest BCUT2D eigenvalue weighted by molar-refractivity contribution is -0.131. The van der Waals surface area contributed by atoms with E-state index in [-0.39, 0.29) is 6.54 Å². The number of rotatable bonds is 4. The van der Waals surface area contributed by atoms with Crippen LogP contribution in [0.2, 0.25) is 5.02 Å². The number of carbonyl (C=O) groups excluding carboxylic acids is 2. The minimum atomic E-state index is -1.22. The summed E-state index contributed by atoms with van der Waals surface area (Å²) >= 11 is 5.93. The Morgan fingerprint density at radius 3 is 2.52 bits per heavy atom. The molecule has 1 saturated heterocycles. The molecular formula is C21H17ClN2O5. The molecule has 148 valence electrons. The number of amides is 3. The van der Waals surface area contributed by atoms with Crippen molar-refractivity contribution in [3.63, 3.8) is 0 Å². The van der Waals surface area contributed by atoms with Gasteiger partial charge in [-0.05, 0) is 42.3 Å². The molecule has 1 N–H and O–H groups in total. The number of hydrogen-bond acceptors (Lipinski definition) is 5. The smallest absolute Gasteiger partial charge is 0.336 e. The molecule has 0 saturated carbocycles. The third kappa shape index (κ3) is 3.23. The fraction of sp³-hybridized carbons (Fsp3) is 0.190. The molecule has 1 aromatic heterocycles. The Kier molecular flexibility index (Phi) is 4.55. The molecule has 0 bridgehead atoms. The van der Waals surface area contributed by atoms with Crippen molar-refractivity contribution in [1.82, 2.24) is 10.2 Å². The van der Waals surface area contributed by atoms with E-state index in [0.29, 0.717) is 32.9 Å². The summed E-state index contributed by atoms with van der Waals surface area (Å²) in [7, 11) is 1.51. The van der Waals surface area contributed by atoms with Crippen molar-refractivity contribution in [1.29, 1.82) is 0 Å². The van der Waals surface area contributed by atoms with Crippen molar-refractivity contribution in [2.24, 2.45) is 0 Å². The molecular weight excluding hydrogens is 396 g/mol. The van der Waals surface area contributed by atoms with Gasteiger partial charge < -0.3 is 14.5 Å². The SMILES string of the molecule is COc1ccc2c(CN3C(=O)NC(C)(c4ccc(Cl)cc4)C3=O)cc(=O)oc2c1. The van der Waals surface area contributed by atoms with E-state index < -0.39 is 23.1 Å². The highest BCUT2D eigenvalue weighted by atomic mass is 35.5. The summed E-state index contributed by atoms with van der Waals surface area (Å²) in [6, 6.07) is 12.5. The number of methoxy groups -OCH3 is 1. The summed E-state index contributed by atoms with van der Waals surface area (Å²) in [6.07, 6.45) is 0. The van der Waals surface area contributed by atoms with Crippen LogP contribution in [0, 0.1) is 0 Å². The summed E-state index contributed by atoms with van der Waals surface area (Å²) in [4.78, 5) is 38.8. The number of fused-ring (bicyclic) bond motifs is 1. The first-order valence-electron chi connectivity index (χ1n) is 8.83. The van der Waals surface area contributed by atoms with Crippen LogP contribution in [0.3, 0.4) is 0 Å². The Balaban J connectivity index is 1.71. The van der Waals surface area contributed by atoms with Crippen LogP contribution in [0.1, 0.15) is 18.1 Å². The van der Waals surface area contributed by atoms with E-state index in [1.54, 1.807) is 49.4 Å². The minimum Gasteiger partial charge on any atom is -0.497 e. The minimum absolute atomic E-state index is 0.0672. The lowest BCUT2D eigenvalue weighted by Gasteiger charge is -2.22. The number of urea groups is 1. The van der Waals surface area contributed by atoms with Gasteiger partial charge in [-0.15, -0.1) is 0 Å². The zero-order valence-electron chi connectivity index (χ0n) is 15.7. The molecule has 1 fully saturated rings. The van der Waals surface area contributed by atoms with Gasteiger partial charge in [0.05, 0.1) is 13.7 Å². The number of ether oxygens (including phenoxy) is 1. The number of benzene rings is 2. The molecule has 0 spiro atoms. The summed E-state index contributed by atoms with van der Waals surface area (Å²) in [5.41, 5.74) is -0.361. The average Bonchev–Trinajstić information content (AvgIpc) is 2.91. The van der Waals surface area contributed by atoms with Crippen molar-refractivity contribution in [3.8, 4) is 5.75 Å². The van der Waals surface area contributed by atoms with Crippen LogP contribution in [-0.2, 0) is 16.9 Å². The molecule has 1 aliphatic rings. The third-order valence-corrected chi connectivity index (χ3v) is 5.31. The van der Waals surface area contributed by atoms with Crippen LogP contribution in [0.15, 0.2) is 57.7 Å². The van der Waals surface area contributed by atoms with Gasteiger partial charge in [0.15, 0.2) is 0 Å². The molecule has 1 unspecified atom stereocenters. The molecule has 4 rings (SSSR count). The average molecular weight is 413 g/mol. The van der Waals surface area contributed by atoms with Crippen molar-refractivity contribution in [3.05, 3.63) is 75.1 Å². The highest BCUT2D eigenvalue weighted by molar-refractivity contribution is 6.30. The first-order chi connectivity index (χ1) is 13.8. The molecule has 2 heterocycles. The van der Waals surface area contributed by atoms with Crippen molar-refractivity contribution in [2.45, 2.75) is 19.0 Å². The van der Waals surface area contributed by atoms with Gasteiger partial charge in [0.2, 0.25) is 0 Å². The Labute approximate surface area is 170 Å². The van der Waals surface area contributed by atoms with E-state index in [9.17, 15) is 14.4 Å². The van der Waals surface area contributed by atoms with Crippen LogP contribution in [0.25, 0.3) is 11.0 Å². The zero-order chi connectivity index (χ0) is 20.8. The van der Waals surface area contributed by atoms with Gasteiger partial charge in [-0.1, -0.05) is 23.7 Å². The molecule has 1 atom stereocenters. The predicted molar refractivity (Wildman–Crippen MR) is 107 cm³/mol. The van der Waals surface area contributed by atoms with Gasteiger partial charge >= 0.3 is 11.7 Å². The monoisotopic (exact) mass is 412 g/mol. The maximum Gasteiger partial charge on any atom is 0.336 e. The number of imide groups is 1. The molecule has 0 aliphatic carbocycles. The summed E-state index contributed by atoms with van der Waals surface area (Å²) < 4.78 is 10.4. The van der Waals surface area contributed by atoms with E-state index in [1.165, 1.54) is 13.2 Å². The van der Waals surface area contributed by atoms with E-state index >= 15 is 0 Å². The summed E-state index contributed by atoms with van der Waals surface area (Å²) in [6.45, 7) is 1.57. The predicted octanol–water partition coefficient (Wildman–Crippen LogP) is 3.42. The number of halogens is 1. The van der Waals surface area contributed by atoms with E-state index in [0.717, 1.165) is 4.90 Å². The number of hydrogen-bond donors (Lipinski definition) is 1. The van der Waals surface area contributed by atoms with Crippen molar-refractivity contribution >= 4 is 34.5 Å². The summed E-state index contributed by atoms with van der Waals surface area (Å²) in [5.74, 6) is 0.114. The molecule has 3 amide bonds. The quantitative estimate of drug-likeness (QED) is 0.524. The standard InChI is InChI=1S/C21H17ClN2O5/c1-21(13-3-5-14(22)6-4-13)19(26)24(20(27)23-21)11-12-9-18(25)29-17-10-15(28-2)7-8-16(12)17/h3-10H,11H2,1-2H3,(H,23,27). The maximum absolute atomic E-state index is 13.1. The second-order valence-electron chi connectivity index (χ2n) is 6.91. The second-order valence-corrected chi connectivity index (χ2v) is 7.34. The Morgan fingerprint density at radius 1 is 1.10 bits per heavy atom. The molecule has 3 aromatic rings. The lowest BCUT2D eigenvalue weighted by atomic mass is 9.92. The van der Waals surface area contributed by atoms with Gasteiger partial charge in [-0.2, -0.15) is 0 Å². The lowest BCUT2D eigenvalue weighted by Crippen LogP contribution is -2.40. The highest BCUT2D eigenvalue weighted by Crippen LogP contribution is 2.31. The van der Waals surface area contributed by atoms with Gasteiger partial charge in [0.25, 0.3) is 5.91 Å². The van der Waals surface area contributed by atoms with Crippen molar-refractivity contribution < 1.29 is 18.7 Å². The molecule has 2 aromatic carbocycles. The van der Waals surface area contributed by atoms with Crippen LogP contribution >= 0.6 is 11.6 Å². The van der Waals surface area contributed by atoms with E-state index in [2.05, 4.69) is 5.32 Å². The first kappa shape index (κ1) is 19.0. The molecule has 8 heteroatoms. The van der Waals surface area contributed by atoms with Gasteiger partial charge in [0.1, 0.15) is 16.9 Å². The number of nitrogens with one attached hydrogen (secondary N) is 1. The van der Waals surface area contributed by atoms with E-state index in [1.807, 2.05) is 0 Å². The second kappa shape index (κ2) is 6.93. The summed E-state index contributed by atoms with van der Waals surface area (Å²) in [5, 5.41) is 3.89. The Bertz CT molecular complexity index is 1190. The Hall–Kier alpha value is -3.32. The topological polar surface area (TPSA) is 88.9 Å². The van der Waals surface area contributed by atoms with E-state index in [4.69, 9.17) is 20.8 Å². The van der Waals surface area contributed by atoms with Crippen molar-refractivity contribution in [2.75, 3.05) is 7.11 Å². The fourth-order valence-corrected chi connectivity index (χ4v) is 3.58. The number of nitrogens with zero attached hydrogens (tertiary/aromatic N) is 1.